The third kappa shape index (κ3) is 2.97. The summed E-state index contributed by atoms with van der Waals surface area (Å²) in [5.41, 5.74) is 0.465. The minimum Gasteiger partial charge on any atom is -0.399 e. The van der Waals surface area contributed by atoms with Crippen LogP contribution in [-0.2, 0) is 11.0 Å². The molecule has 0 amide bonds. The van der Waals surface area contributed by atoms with E-state index in [0.29, 0.717) is 11.3 Å². The molecule has 0 aliphatic heterocycles. The maximum atomic E-state index is 12.2. The molecule has 15 heavy (non-hydrogen) atoms. The molecule has 0 bridgehead atoms. The lowest BCUT2D eigenvalue weighted by atomic mass is 10.1. The number of oxime groups is 1. The second-order valence-corrected chi connectivity index (χ2v) is 2.93. The Kier molecular flexibility index (Phi) is 3.34. The highest BCUT2D eigenvalue weighted by Crippen LogP contribution is 2.29. The first-order chi connectivity index (χ1) is 6.95. The molecule has 0 aliphatic rings. The van der Waals surface area contributed by atoms with Crippen molar-refractivity contribution >= 4 is 5.71 Å². The molecule has 0 saturated carbocycles. The molecular formula is C10H10F3NO. The third-order valence-corrected chi connectivity index (χ3v) is 1.86. The first-order valence-electron chi connectivity index (χ1n) is 4.20. The Morgan fingerprint density at radius 2 is 1.73 bits per heavy atom. The van der Waals surface area contributed by atoms with Gasteiger partial charge in [-0.05, 0) is 24.6 Å². The third-order valence-electron chi connectivity index (χ3n) is 1.86. The van der Waals surface area contributed by atoms with Crippen molar-refractivity contribution in [3.63, 3.8) is 0 Å². The summed E-state index contributed by atoms with van der Waals surface area (Å²) in [6.07, 6.45) is -4.30. The van der Waals surface area contributed by atoms with E-state index in [1.54, 1.807) is 6.92 Å². The monoisotopic (exact) mass is 217 g/mol. The van der Waals surface area contributed by atoms with Crippen LogP contribution in [0.5, 0.6) is 0 Å². The number of nitrogens with zero attached hydrogens (tertiary/aromatic N) is 1. The molecule has 0 N–H and O–H groups in total. The Balaban J connectivity index is 2.96. The fourth-order valence-corrected chi connectivity index (χ4v) is 1.09. The summed E-state index contributed by atoms with van der Waals surface area (Å²) in [4.78, 5) is 4.52. The maximum Gasteiger partial charge on any atom is 0.416 e. The predicted molar refractivity (Wildman–Crippen MR) is 50.7 cm³/mol. The minimum atomic E-state index is -4.30. The Bertz CT molecular complexity index is 354. The Labute approximate surface area is 85.4 Å². The summed E-state index contributed by atoms with van der Waals surface area (Å²) in [5.74, 6) is 0. The molecule has 0 heterocycles. The van der Waals surface area contributed by atoms with Crippen molar-refractivity contribution in [2.45, 2.75) is 13.1 Å². The van der Waals surface area contributed by atoms with Gasteiger partial charge in [0.2, 0.25) is 0 Å². The van der Waals surface area contributed by atoms with Crippen LogP contribution in [0.2, 0.25) is 0 Å². The van der Waals surface area contributed by atoms with Gasteiger partial charge in [-0.15, -0.1) is 0 Å². The zero-order chi connectivity index (χ0) is 11.5. The van der Waals surface area contributed by atoms with E-state index in [0.717, 1.165) is 12.1 Å². The zero-order valence-electron chi connectivity index (χ0n) is 8.30. The van der Waals surface area contributed by atoms with Crippen LogP contribution in [0.4, 0.5) is 13.2 Å². The van der Waals surface area contributed by atoms with E-state index in [2.05, 4.69) is 9.99 Å². The molecule has 1 aromatic rings. The van der Waals surface area contributed by atoms with Gasteiger partial charge in [-0.1, -0.05) is 17.3 Å². The first-order valence-corrected chi connectivity index (χ1v) is 4.20. The van der Waals surface area contributed by atoms with Crippen molar-refractivity contribution in [2.75, 3.05) is 7.11 Å². The molecule has 0 radical (unpaired) electrons. The SMILES string of the molecule is CON=C(C)c1ccc(C(F)(F)F)cc1. The quantitative estimate of drug-likeness (QED) is 0.551. The highest BCUT2D eigenvalue weighted by atomic mass is 19.4. The molecule has 1 aromatic carbocycles. The molecule has 0 saturated heterocycles. The van der Waals surface area contributed by atoms with Crippen LogP contribution in [0.15, 0.2) is 29.4 Å². The first kappa shape index (κ1) is 11.6. The van der Waals surface area contributed by atoms with Crippen molar-refractivity contribution in [3.05, 3.63) is 35.4 Å². The van der Waals surface area contributed by atoms with Gasteiger partial charge in [-0.3, -0.25) is 0 Å². The van der Waals surface area contributed by atoms with E-state index >= 15 is 0 Å². The lowest BCUT2D eigenvalue weighted by Gasteiger charge is -2.06. The van der Waals surface area contributed by atoms with Gasteiger partial charge in [0, 0.05) is 0 Å². The van der Waals surface area contributed by atoms with Crippen molar-refractivity contribution in [2.24, 2.45) is 5.16 Å². The number of rotatable bonds is 2. The van der Waals surface area contributed by atoms with Gasteiger partial charge in [-0.2, -0.15) is 13.2 Å². The predicted octanol–water partition coefficient (Wildman–Crippen LogP) is 3.08. The van der Waals surface area contributed by atoms with Crippen LogP contribution >= 0.6 is 0 Å². The van der Waals surface area contributed by atoms with Gasteiger partial charge in [-0.25, -0.2) is 0 Å². The average Bonchev–Trinajstić information content (AvgIpc) is 2.17. The number of hydrogen-bond acceptors (Lipinski definition) is 2. The summed E-state index contributed by atoms with van der Waals surface area (Å²) >= 11 is 0. The molecule has 82 valence electrons. The number of alkyl halides is 3. The summed E-state index contributed by atoms with van der Waals surface area (Å²) in [6, 6.07) is 4.76. The van der Waals surface area contributed by atoms with Crippen LogP contribution in [0.1, 0.15) is 18.1 Å². The van der Waals surface area contributed by atoms with Crippen LogP contribution in [0, 0.1) is 0 Å². The average molecular weight is 217 g/mol. The maximum absolute atomic E-state index is 12.2. The molecule has 0 spiro atoms. The Morgan fingerprint density at radius 3 is 2.13 bits per heavy atom. The molecule has 0 aromatic heterocycles. The Hall–Kier alpha value is -1.52. The molecule has 0 unspecified atom stereocenters. The lowest BCUT2D eigenvalue weighted by molar-refractivity contribution is -0.137. The van der Waals surface area contributed by atoms with Crippen molar-refractivity contribution < 1.29 is 18.0 Å². The smallest absolute Gasteiger partial charge is 0.399 e. The molecule has 2 nitrogen and oxygen atoms in total. The molecule has 5 heteroatoms. The van der Waals surface area contributed by atoms with E-state index < -0.39 is 11.7 Å². The van der Waals surface area contributed by atoms with E-state index in [1.165, 1.54) is 19.2 Å². The second kappa shape index (κ2) is 4.33. The number of hydrogen-bond donors (Lipinski definition) is 0. The summed E-state index contributed by atoms with van der Waals surface area (Å²) in [6.45, 7) is 1.66. The van der Waals surface area contributed by atoms with Crippen LogP contribution in [0.25, 0.3) is 0 Å². The molecule has 1 rings (SSSR count). The number of halogens is 3. The fourth-order valence-electron chi connectivity index (χ4n) is 1.09. The van der Waals surface area contributed by atoms with Gasteiger partial charge in [0.05, 0.1) is 11.3 Å². The van der Waals surface area contributed by atoms with Gasteiger partial charge in [0.1, 0.15) is 7.11 Å². The largest absolute Gasteiger partial charge is 0.416 e. The van der Waals surface area contributed by atoms with Crippen LogP contribution in [-0.4, -0.2) is 12.8 Å². The van der Waals surface area contributed by atoms with Crippen molar-refractivity contribution in [3.8, 4) is 0 Å². The molecule has 0 aliphatic carbocycles. The van der Waals surface area contributed by atoms with Crippen molar-refractivity contribution in [1.29, 1.82) is 0 Å². The summed E-state index contributed by atoms with van der Waals surface area (Å²) in [7, 11) is 1.38. The fraction of sp³-hybridized carbons (Fsp3) is 0.300. The van der Waals surface area contributed by atoms with E-state index in [4.69, 9.17) is 0 Å². The second-order valence-electron chi connectivity index (χ2n) is 2.93. The van der Waals surface area contributed by atoms with Gasteiger partial charge in [0.15, 0.2) is 0 Å². The zero-order valence-corrected chi connectivity index (χ0v) is 8.30. The van der Waals surface area contributed by atoms with Crippen molar-refractivity contribution in [1.82, 2.24) is 0 Å². The normalized spacial score (nSPS) is 12.7. The number of benzene rings is 1. The van der Waals surface area contributed by atoms with Gasteiger partial charge in [0.25, 0.3) is 0 Å². The molecule has 0 atom stereocenters. The topological polar surface area (TPSA) is 21.6 Å². The minimum absolute atomic E-state index is 0.534. The lowest BCUT2D eigenvalue weighted by Crippen LogP contribution is -2.05. The van der Waals surface area contributed by atoms with Crippen LogP contribution < -0.4 is 0 Å². The van der Waals surface area contributed by atoms with E-state index in [9.17, 15) is 13.2 Å². The standard InChI is InChI=1S/C10H10F3NO/c1-7(14-15-2)8-3-5-9(6-4-8)10(11,12)13/h3-6H,1-2H3. The van der Waals surface area contributed by atoms with Crippen LogP contribution in [0.3, 0.4) is 0 Å². The summed E-state index contributed by atoms with van der Waals surface area (Å²) in [5, 5.41) is 3.62. The van der Waals surface area contributed by atoms with Gasteiger partial charge < -0.3 is 4.84 Å². The Morgan fingerprint density at radius 1 is 1.20 bits per heavy atom. The molecular weight excluding hydrogens is 207 g/mol. The summed E-state index contributed by atoms with van der Waals surface area (Å²) < 4.78 is 36.6. The van der Waals surface area contributed by atoms with Gasteiger partial charge >= 0.3 is 6.18 Å². The van der Waals surface area contributed by atoms with E-state index in [-0.39, 0.29) is 0 Å². The molecule has 0 fully saturated rings. The van der Waals surface area contributed by atoms with E-state index in [1.807, 2.05) is 0 Å². The highest BCUT2D eigenvalue weighted by Gasteiger charge is 2.29. The highest BCUT2D eigenvalue weighted by molar-refractivity contribution is 5.98.